The number of nitrogen functional groups attached to an aromatic ring is 1. The molecule has 0 aliphatic carbocycles. The quantitative estimate of drug-likeness (QED) is 0.769. The Bertz CT molecular complexity index is 441. The molecule has 0 saturated carbocycles. The number of anilines is 2. The highest BCUT2D eigenvalue weighted by molar-refractivity contribution is 5.95. The third-order valence-electron chi connectivity index (χ3n) is 2.40. The molecule has 7 heteroatoms. The van der Waals surface area contributed by atoms with Crippen LogP contribution in [0.15, 0.2) is 18.2 Å². The van der Waals surface area contributed by atoms with Gasteiger partial charge in [0.15, 0.2) is 0 Å². The number of halogens is 2. The van der Waals surface area contributed by atoms with Gasteiger partial charge in [-0.3, -0.25) is 9.69 Å². The molecule has 1 rings (SSSR count). The molecule has 1 amide bonds. The van der Waals surface area contributed by atoms with Crippen molar-refractivity contribution in [2.24, 2.45) is 0 Å². The van der Waals surface area contributed by atoms with E-state index in [-0.39, 0.29) is 6.54 Å². The van der Waals surface area contributed by atoms with Gasteiger partial charge in [0.2, 0.25) is 5.91 Å². The zero-order valence-corrected chi connectivity index (χ0v) is 10.8. The maximum absolute atomic E-state index is 12.1. The highest BCUT2D eigenvalue weighted by Crippen LogP contribution is 2.23. The van der Waals surface area contributed by atoms with E-state index in [0.29, 0.717) is 17.1 Å². The molecule has 1 aromatic carbocycles. The van der Waals surface area contributed by atoms with Gasteiger partial charge in [0.25, 0.3) is 6.43 Å². The molecule has 0 unspecified atom stereocenters. The Morgan fingerprint density at radius 3 is 2.74 bits per heavy atom. The van der Waals surface area contributed by atoms with E-state index in [1.165, 1.54) is 19.1 Å². The molecule has 106 valence electrons. The number of methoxy groups -OCH3 is 1. The summed E-state index contributed by atoms with van der Waals surface area (Å²) in [6.45, 7) is -0.582. The second kappa shape index (κ2) is 6.89. The highest BCUT2D eigenvalue weighted by atomic mass is 19.3. The number of nitrogens with zero attached hydrogens (tertiary/aromatic N) is 1. The van der Waals surface area contributed by atoms with Gasteiger partial charge in [-0.25, -0.2) is 8.78 Å². The van der Waals surface area contributed by atoms with Gasteiger partial charge >= 0.3 is 0 Å². The van der Waals surface area contributed by atoms with Crippen LogP contribution in [0.3, 0.4) is 0 Å². The van der Waals surface area contributed by atoms with Gasteiger partial charge < -0.3 is 15.8 Å². The van der Waals surface area contributed by atoms with Gasteiger partial charge in [0.05, 0.1) is 31.6 Å². The topological polar surface area (TPSA) is 67.6 Å². The molecule has 0 aliphatic rings. The normalized spacial score (nSPS) is 10.8. The van der Waals surface area contributed by atoms with Gasteiger partial charge in [-0.05, 0) is 19.2 Å². The van der Waals surface area contributed by atoms with Crippen LogP contribution < -0.4 is 15.8 Å². The Morgan fingerprint density at radius 2 is 2.21 bits per heavy atom. The number of carbonyl (C=O) groups excluding carboxylic acids is 1. The smallest absolute Gasteiger partial charge is 0.251 e. The van der Waals surface area contributed by atoms with Crippen molar-refractivity contribution in [3.05, 3.63) is 18.2 Å². The van der Waals surface area contributed by atoms with E-state index in [2.05, 4.69) is 5.32 Å². The second-order valence-corrected chi connectivity index (χ2v) is 4.09. The monoisotopic (exact) mass is 273 g/mol. The second-order valence-electron chi connectivity index (χ2n) is 4.09. The molecule has 0 spiro atoms. The van der Waals surface area contributed by atoms with Crippen molar-refractivity contribution in [1.82, 2.24) is 4.90 Å². The van der Waals surface area contributed by atoms with Crippen molar-refractivity contribution in [3.8, 4) is 5.75 Å². The predicted octanol–water partition coefficient (Wildman–Crippen LogP) is 1.41. The largest absolute Gasteiger partial charge is 0.497 e. The molecule has 0 heterocycles. The molecule has 19 heavy (non-hydrogen) atoms. The first-order valence-corrected chi connectivity index (χ1v) is 5.62. The lowest BCUT2D eigenvalue weighted by Gasteiger charge is -2.16. The summed E-state index contributed by atoms with van der Waals surface area (Å²) in [6.07, 6.45) is -2.47. The Kier molecular flexibility index (Phi) is 5.50. The summed E-state index contributed by atoms with van der Waals surface area (Å²) in [5, 5.41) is 2.56. The lowest BCUT2D eigenvalue weighted by molar-refractivity contribution is -0.117. The zero-order valence-electron chi connectivity index (χ0n) is 10.8. The number of hydrogen-bond acceptors (Lipinski definition) is 4. The lowest BCUT2D eigenvalue weighted by atomic mass is 10.2. The average molecular weight is 273 g/mol. The molecule has 0 aliphatic heterocycles. The lowest BCUT2D eigenvalue weighted by Crippen LogP contribution is -2.33. The van der Waals surface area contributed by atoms with E-state index < -0.39 is 18.9 Å². The van der Waals surface area contributed by atoms with Crippen molar-refractivity contribution in [2.75, 3.05) is 38.3 Å². The first-order chi connectivity index (χ1) is 8.92. The van der Waals surface area contributed by atoms with Crippen LogP contribution in [0.1, 0.15) is 0 Å². The van der Waals surface area contributed by atoms with Crippen LogP contribution in [0.5, 0.6) is 5.75 Å². The maximum atomic E-state index is 12.1. The number of ether oxygens (including phenoxy) is 1. The fourth-order valence-corrected chi connectivity index (χ4v) is 1.52. The third kappa shape index (κ3) is 5.09. The SMILES string of the molecule is COc1ccc(NC(=O)CN(C)CC(F)F)c(N)c1. The molecule has 0 fully saturated rings. The van der Waals surface area contributed by atoms with Gasteiger partial charge in [-0.2, -0.15) is 0 Å². The molecule has 1 aromatic rings. The van der Waals surface area contributed by atoms with Crippen molar-refractivity contribution < 1.29 is 18.3 Å². The van der Waals surface area contributed by atoms with E-state index in [4.69, 9.17) is 10.5 Å². The summed E-state index contributed by atoms with van der Waals surface area (Å²) in [7, 11) is 2.95. The Hall–Kier alpha value is -1.89. The maximum Gasteiger partial charge on any atom is 0.251 e. The van der Waals surface area contributed by atoms with E-state index >= 15 is 0 Å². The van der Waals surface area contributed by atoms with Gasteiger partial charge in [-0.15, -0.1) is 0 Å². The molecule has 5 nitrogen and oxygen atoms in total. The number of nitrogens with one attached hydrogen (secondary N) is 1. The molecule has 0 radical (unpaired) electrons. The first-order valence-electron chi connectivity index (χ1n) is 5.62. The average Bonchev–Trinajstić information content (AvgIpc) is 2.30. The van der Waals surface area contributed by atoms with Crippen molar-refractivity contribution in [2.45, 2.75) is 6.43 Å². The number of hydrogen-bond donors (Lipinski definition) is 2. The Balaban J connectivity index is 2.57. The fraction of sp³-hybridized carbons (Fsp3) is 0.417. The fourth-order valence-electron chi connectivity index (χ4n) is 1.52. The number of nitrogens with two attached hydrogens (primary N) is 1. The summed E-state index contributed by atoms with van der Waals surface area (Å²) in [6, 6.07) is 4.81. The minimum Gasteiger partial charge on any atom is -0.497 e. The molecule has 3 N–H and O–H groups in total. The number of likely N-dealkylation sites (N-methyl/N-ethyl adjacent to an activating group) is 1. The van der Waals surface area contributed by atoms with E-state index in [1.54, 1.807) is 18.2 Å². The van der Waals surface area contributed by atoms with Gasteiger partial charge in [0.1, 0.15) is 5.75 Å². The molecular formula is C12H17F2N3O2. The third-order valence-corrected chi connectivity index (χ3v) is 2.40. The van der Waals surface area contributed by atoms with E-state index in [0.717, 1.165) is 0 Å². The number of carbonyl (C=O) groups is 1. The van der Waals surface area contributed by atoms with Crippen LogP contribution in [0, 0.1) is 0 Å². The number of alkyl halides is 2. The summed E-state index contributed by atoms with van der Waals surface area (Å²) >= 11 is 0. The van der Waals surface area contributed by atoms with Crippen LogP contribution in [0.25, 0.3) is 0 Å². The van der Waals surface area contributed by atoms with Crippen molar-refractivity contribution in [1.29, 1.82) is 0 Å². The van der Waals surface area contributed by atoms with Crippen LogP contribution in [0.2, 0.25) is 0 Å². The minimum absolute atomic E-state index is 0.129. The molecule has 0 bridgehead atoms. The van der Waals surface area contributed by atoms with E-state index in [1.807, 2.05) is 0 Å². The summed E-state index contributed by atoms with van der Waals surface area (Å²) in [5.74, 6) is 0.172. The number of rotatable bonds is 6. The van der Waals surface area contributed by atoms with Crippen LogP contribution in [-0.2, 0) is 4.79 Å². The number of amides is 1. The predicted molar refractivity (Wildman–Crippen MR) is 69.5 cm³/mol. The Morgan fingerprint density at radius 1 is 1.53 bits per heavy atom. The minimum atomic E-state index is -2.47. The van der Waals surface area contributed by atoms with Crippen molar-refractivity contribution in [3.63, 3.8) is 0 Å². The molecular weight excluding hydrogens is 256 g/mol. The van der Waals surface area contributed by atoms with Crippen molar-refractivity contribution >= 4 is 17.3 Å². The van der Waals surface area contributed by atoms with Gasteiger partial charge in [-0.1, -0.05) is 0 Å². The molecule has 0 aromatic heterocycles. The van der Waals surface area contributed by atoms with Gasteiger partial charge in [0, 0.05) is 6.07 Å². The highest BCUT2D eigenvalue weighted by Gasteiger charge is 2.12. The van der Waals surface area contributed by atoms with Crippen LogP contribution in [0.4, 0.5) is 20.2 Å². The summed E-state index contributed by atoms with van der Waals surface area (Å²) in [5.41, 5.74) is 6.51. The zero-order chi connectivity index (χ0) is 14.4. The first kappa shape index (κ1) is 15.2. The van der Waals surface area contributed by atoms with Crippen LogP contribution >= 0.6 is 0 Å². The Labute approximate surface area is 110 Å². The standard InChI is InChI=1S/C12H17F2N3O2/c1-17(6-11(13)14)7-12(18)16-10-4-3-8(19-2)5-9(10)15/h3-5,11H,6-7,15H2,1-2H3,(H,16,18). The van der Waals surface area contributed by atoms with Crippen LogP contribution in [-0.4, -0.2) is 44.5 Å². The summed E-state index contributed by atoms with van der Waals surface area (Å²) in [4.78, 5) is 12.9. The summed E-state index contributed by atoms with van der Waals surface area (Å²) < 4.78 is 29.2. The van der Waals surface area contributed by atoms with E-state index in [9.17, 15) is 13.6 Å². The number of benzene rings is 1. The molecule has 0 atom stereocenters. The molecule has 0 saturated heterocycles.